The first-order chi connectivity index (χ1) is 13.4. The van der Waals surface area contributed by atoms with Crippen LogP contribution in [0.15, 0.2) is 48.5 Å². The molecule has 0 radical (unpaired) electrons. The van der Waals surface area contributed by atoms with Crippen LogP contribution in [-0.4, -0.2) is 37.2 Å². The summed E-state index contributed by atoms with van der Waals surface area (Å²) in [5.41, 5.74) is 2.96. The van der Waals surface area contributed by atoms with Crippen molar-refractivity contribution < 1.29 is 4.74 Å². The van der Waals surface area contributed by atoms with Crippen molar-refractivity contribution in [3.63, 3.8) is 0 Å². The molecule has 0 saturated carbocycles. The molecule has 28 heavy (non-hydrogen) atoms. The number of hydrogen-bond donors (Lipinski definition) is 0. The number of halogens is 1. The third kappa shape index (κ3) is 4.16. The molecule has 3 fully saturated rings. The molecule has 3 heterocycles. The van der Waals surface area contributed by atoms with Crippen LogP contribution in [0.25, 0.3) is 0 Å². The monoisotopic (exact) mass is 398 g/mol. The molecule has 4 heteroatoms. The number of fused-ring (bicyclic) bond motifs is 4. The van der Waals surface area contributed by atoms with E-state index < -0.39 is 0 Å². The molecule has 3 aliphatic rings. The number of nitrogens with zero attached hydrogens (tertiary/aromatic N) is 2. The Morgan fingerprint density at radius 3 is 2.39 bits per heavy atom. The summed E-state index contributed by atoms with van der Waals surface area (Å²) in [5, 5.41) is 0.808. The van der Waals surface area contributed by atoms with Gasteiger partial charge in [0.05, 0.1) is 6.61 Å². The van der Waals surface area contributed by atoms with E-state index in [4.69, 9.17) is 16.3 Å². The van der Waals surface area contributed by atoms with Crippen LogP contribution < -0.4 is 9.64 Å². The Morgan fingerprint density at radius 2 is 1.71 bits per heavy atom. The van der Waals surface area contributed by atoms with Gasteiger partial charge in [-0.2, -0.15) is 0 Å². The normalized spacial score (nSPS) is 24.2. The van der Waals surface area contributed by atoms with Gasteiger partial charge in [-0.15, -0.1) is 0 Å². The first kappa shape index (κ1) is 19.6. The van der Waals surface area contributed by atoms with Crippen LogP contribution in [0.1, 0.15) is 32.8 Å². The summed E-state index contributed by atoms with van der Waals surface area (Å²) in [6.45, 7) is 12.0. The van der Waals surface area contributed by atoms with Crippen molar-refractivity contribution in [3.8, 4) is 5.75 Å². The quantitative estimate of drug-likeness (QED) is 0.663. The minimum absolute atomic E-state index is 0.302. The second kappa shape index (κ2) is 7.96. The molecule has 0 spiro atoms. The van der Waals surface area contributed by atoms with E-state index in [1.807, 2.05) is 19.1 Å². The van der Waals surface area contributed by atoms with Crippen molar-refractivity contribution >= 4 is 17.3 Å². The number of piperidine rings is 1. The van der Waals surface area contributed by atoms with E-state index in [1.165, 1.54) is 17.7 Å². The predicted molar refractivity (Wildman–Crippen MR) is 117 cm³/mol. The highest BCUT2D eigenvalue weighted by Crippen LogP contribution is 2.43. The summed E-state index contributed by atoms with van der Waals surface area (Å²) in [6, 6.07) is 17.5. The molecule has 0 aromatic heterocycles. The van der Waals surface area contributed by atoms with Gasteiger partial charge in [0.25, 0.3) is 0 Å². The molecule has 0 N–H and O–H groups in total. The minimum atomic E-state index is 0.302. The van der Waals surface area contributed by atoms with Crippen molar-refractivity contribution in [3.05, 3.63) is 59.1 Å². The lowest BCUT2D eigenvalue weighted by Crippen LogP contribution is -2.53. The maximum Gasteiger partial charge on any atom is 0.119 e. The molecule has 0 amide bonds. The fourth-order valence-corrected chi connectivity index (χ4v) is 5.21. The van der Waals surface area contributed by atoms with E-state index in [1.54, 1.807) is 0 Å². The van der Waals surface area contributed by atoms with Gasteiger partial charge in [0, 0.05) is 42.9 Å². The number of ether oxygens (including phenoxy) is 1. The molecule has 2 aromatic rings. The highest BCUT2D eigenvalue weighted by atomic mass is 35.5. The van der Waals surface area contributed by atoms with Gasteiger partial charge in [0.15, 0.2) is 0 Å². The topological polar surface area (TPSA) is 15.7 Å². The Labute approximate surface area is 174 Å². The van der Waals surface area contributed by atoms with Gasteiger partial charge >= 0.3 is 0 Å². The fraction of sp³-hybridized carbons (Fsp3) is 0.500. The van der Waals surface area contributed by atoms with Crippen molar-refractivity contribution in [1.29, 1.82) is 0 Å². The highest BCUT2D eigenvalue weighted by molar-refractivity contribution is 6.30. The van der Waals surface area contributed by atoms with E-state index in [2.05, 4.69) is 60.0 Å². The molecule has 3 saturated heterocycles. The van der Waals surface area contributed by atoms with Gasteiger partial charge < -0.3 is 9.64 Å². The van der Waals surface area contributed by atoms with Crippen LogP contribution in [-0.2, 0) is 6.54 Å². The zero-order valence-electron chi connectivity index (χ0n) is 17.2. The van der Waals surface area contributed by atoms with E-state index in [9.17, 15) is 0 Å². The van der Waals surface area contributed by atoms with Gasteiger partial charge in [0.2, 0.25) is 0 Å². The molecule has 3 aliphatic heterocycles. The van der Waals surface area contributed by atoms with Crippen molar-refractivity contribution in [2.75, 3.05) is 31.1 Å². The average molecular weight is 399 g/mol. The second-order valence-corrected chi connectivity index (χ2v) is 9.41. The number of rotatable bonds is 5. The predicted octanol–water partition coefficient (Wildman–Crippen LogP) is 5.48. The van der Waals surface area contributed by atoms with Gasteiger partial charge in [-0.1, -0.05) is 37.6 Å². The minimum Gasteiger partial charge on any atom is -0.494 e. The fourth-order valence-electron chi connectivity index (χ4n) is 5.09. The summed E-state index contributed by atoms with van der Waals surface area (Å²) in [6.07, 6.45) is 1.29. The second-order valence-electron chi connectivity index (χ2n) is 8.97. The Morgan fingerprint density at radius 1 is 1.00 bits per heavy atom. The first-order valence-corrected chi connectivity index (χ1v) is 10.8. The van der Waals surface area contributed by atoms with Crippen LogP contribution in [0.5, 0.6) is 5.75 Å². The maximum atomic E-state index is 6.06. The summed E-state index contributed by atoms with van der Waals surface area (Å²) in [7, 11) is 0. The molecular formula is C24H31ClN2O. The summed E-state index contributed by atoms with van der Waals surface area (Å²) >= 11 is 6.06. The molecule has 150 valence electrons. The van der Waals surface area contributed by atoms with Crippen LogP contribution in [0.3, 0.4) is 0 Å². The molecule has 3 nitrogen and oxygen atoms in total. The lowest BCUT2D eigenvalue weighted by Gasteiger charge is -2.48. The SMILES string of the molecule is CCOc1ccc(N2C[C@H]3CN(Cc4ccc(Cl)cc4)CC2C(C)(C)C3)cc1. The number of benzene rings is 2. The lowest BCUT2D eigenvalue weighted by atomic mass is 9.73. The zero-order chi connectivity index (χ0) is 19.7. The van der Waals surface area contributed by atoms with Gasteiger partial charge in [-0.05, 0) is 66.6 Å². The maximum absolute atomic E-state index is 6.06. The number of anilines is 1. The standard InChI is InChI=1S/C24H31ClN2O/c1-4-28-22-11-9-21(10-12-22)27-16-19-13-24(2,3)23(27)17-26(15-19)14-18-5-7-20(25)8-6-18/h5-12,19,23H,4,13-17H2,1-3H3/t19-,23?/m1/s1. The van der Waals surface area contributed by atoms with Gasteiger partial charge in [-0.3, -0.25) is 4.90 Å². The average Bonchev–Trinajstić information content (AvgIpc) is 2.90. The molecule has 2 bridgehead atoms. The Bertz CT molecular complexity index is 787. The Balaban J connectivity index is 1.55. The molecule has 5 rings (SSSR count). The van der Waals surface area contributed by atoms with Crippen molar-refractivity contribution in [2.45, 2.75) is 39.8 Å². The van der Waals surface area contributed by atoms with E-state index in [0.717, 1.165) is 37.0 Å². The van der Waals surface area contributed by atoms with Crippen molar-refractivity contribution in [1.82, 2.24) is 4.90 Å². The van der Waals surface area contributed by atoms with Crippen molar-refractivity contribution in [2.24, 2.45) is 11.3 Å². The number of hydrogen-bond acceptors (Lipinski definition) is 3. The third-order valence-corrected chi connectivity index (χ3v) is 6.55. The smallest absolute Gasteiger partial charge is 0.119 e. The molecular weight excluding hydrogens is 368 g/mol. The summed E-state index contributed by atoms with van der Waals surface area (Å²) in [4.78, 5) is 5.29. The van der Waals surface area contributed by atoms with Crippen LogP contribution in [0, 0.1) is 11.3 Å². The molecule has 1 unspecified atom stereocenters. The van der Waals surface area contributed by atoms with Gasteiger partial charge in [-0.25, -0.2) is 0 Å². The van der Waals surface area contributed by atoms with Crippen LogP contribution in [0.4, 0.5) is 5.69 Å². The highest BCUT2D eigenvalue weighted by Gasteiger charge is 2.45. The first-order valence-electron chi connectivity index (χ1n) is 10.4. The Kier molecular flexibility index (Phi) is 5.57. The lowest BCUT2D eigenvalue weighted by molar-refractivity contribution is 0.190. The molecule has 2 aromatic carbocycles. The zero-order valence-corrected chi connectivity index (χ0v) is 18.0. The van der Waals surface area contributed by atoms with E-state index in [-0.39, 0.29) is 0 Å². The summed E-state index contributed by atoms with van der Waals surface area (Å²) < 4.78 is 5.63. The molecule has 0 aliphatic carbocycles. The van der Waals surface area contributed by atoms with Gasteiger partial charge in [0.1, 0.15) is 5.75 Å². The third-order valence-electron chi connectivity index (χ3n) is 6.29. The van der Waals surface area contributed by atoms with Crippen LogP contribution in [0.2, 0.25) is 5.02 Å². The van der Waals surface area contributed by atoms with E-state index in [0.29, 0.717) is 24.0 Å². The van der Waals surface area contributed by atoms with E-state index >= 15 is 0 Å². The Hall–Kier alpha value is -1.71. The summed E-state index contributed by atoms with van der Waals surface area (Å²) in [5.74, 6) is 1.64. The molecule has 2 atom stereocenters. The van der Waals surface area contributed by atoms with Crippen LogP contribution >= 0.6 is 11.6 Å². The largest absolute Gasteiger partial charge is 0.494 e.